The third-order valence-corrected chi connectivity index (χ3v) is 7.54. The molecule has 0 unspecified atom stereocenters. The first-order valence-electron chi connectivity index (χ1n) is 13.0. The van der Waals surface area contributed by atoms with Crippen molar-refractivity contribution in [3.8, 4) is 11.1 Å². The van der Waals surface area contributed by atoms with E-state index in [1.54, 1.807) is 0 Å². The monoisotopic (exact) mass is 450 g/mol. The van der Waals surface area contributed by atoms with Crippen molar-refractivity contribution >= 4 is 22.7 Å². The first-order valence-corrected chi connectivity index (χ1v) is 13.0. The summed E-state index contributed by atoms with van der Waals surface area (Å²) in [4.78, 5) is 0. The smallest absolute Gasteiger partial charge is 0.0554 e. The molecule has 8 N–H and O–H groups in total. The Morgan fingerprint density at radius 2 is 0.909 bits per heavy atom. The SMILES string of the molecule is CC(C)CCCCCC1(CCCCCC(C)C)c2cc(N)c(N)cc2-c2cc(N)c(N)cc21. The summed E-state index contributed by atoms with van der Waals surface area (Å²) >= 11 is 0. The van der Waals surface area contributed by atoms with Gasteiger partial charge in [0.1, 0.15) is 0 Å². The van der Waals surface area contributed by atoms with E-state index in [1.807, 2.05) is 0 Å². The van der Waals surface area contributed by atoms with Gasteiger partial charge in [-0.05, 0) is 71.2 Å². The van der Waals surface area contributed by atoms with Crippen molar-refractivity contribution in [2.24, 2.45) is 11.8 Å². The molecule has 0 radical (unpaired) electrons. The van der Waals surface area contributed by atoms with E-state index in [9.17, 15) is 0 Å². The highest BCUT2D eigenvalue weighted by molar-refractivity contribution is 5.90. The molecule has 0 amide bonds. The number of hydrogen-bond acceptors (Lipinski definition) is 4. The summed E-state index contributed by atoms with van der Waals surface area (Å²) in [7, 11) is 0. The maximum Gasteiger partial charge on any atom is 0.0554 e. The molecule has 4 heteroatoms. The van der Waals surface area contributed by atoms with Crippen molar-refractivity contribution in [3.63, 3.8) is 0 Å². The van der Waals surface area contributed by atoms with Crippen LogP contribution in [0.5, 0.6) is 0 Å². The Morgan fingerprint density at radius 1 is 0.545 bits per heavy atom. The zero-order valence-corrected chi connectivity index (χ0v) is 21.3. The van der Waals surface area contributed by atoms with Crippen molar-refractivity contribution in [2.75, 3.05) is 22.9 Å². The normalized spacial score (nSPS) is 14.1. The lowest BCUT2D eigenvalue weighted by atomic mass is 9.70. The predicted molar refractivity (Wildman–Crippen MR) is 146 cm³/mol. The quantitative estimate of drug-likeness (QED) is 0.198. The van der Waals surface area contributed by atoms with Crippen LogP contribution in [-0.4, -0.2) is 0 Å². The highest BCUT2D eigenvalue weighted by Gasteiger charge is 2.43. The number of nitrogen functional groups attached to an aromatic ring is 4. The molecule has 2 aromatic rings. The molecule has 0 saturated heterocycles. The van der Waals surface area contributed by atoms with Crippen molar-refractivity contribution in [1.29, 1.82) is 0 Å². The molecule has 0 aliphatic heterocycles. The van der Waals surface area contributed by atoms with E-state index in [0.717, 1.165) is 24.7 Å². The van der Waals surface area contributed by atoms with Gasteiger partial charge in [-0.15, -0.1) is 0 Å². The minimum absolute atomic E-state index is 0.0655. The molecule has 33 heavy (non-hydrogen) atoms. The highest BCUT2D eigenvalue weighted by atomic mass is 14.7. The third-order valence-electron chi connectivity index (χ3n) is 7.54. The number of fused-ring (bicyclic) bond motifs is 3. The number of unbranched alkanes of at least 4 members (excludes halogenated alkanes) is 4. The fraction of sp³-hybridized carbons (Fsp3) is 0.586. The summed E-state index contributed by atoms with van der Waals surface area (Å²) in [5, 5.41) is 0. The van der Waals surface area contributed by atoms with Gasteiger partial charge in [-0.25, -0.2) is 0 Å². The maximum atomic E-state index is 6.35. The Hall–Kier alpha value is -2.36. The Morgan fingerprint density at radius 3 is 1.27 bits per heavy atom. The molecule has 0 saturated carbocycles. The van der Waals surface area contributed by atoms with Gasteiger partial charge < -0.3 is 22.9 Å². The second-order valence-corrected chi connectivity index (χ2v) is 11.1. The molecule has 182 valence electrons. The molecule has 1 aliphatic rings. The van der Waals surface area contributed by atoms with Gasteiger partial charge in [-0.3, -0.25) is 0 Å². The minimum Gasteiger partial charge on any atom is -0.397 e. The summed E-state index contributed by atoms with van der Waals surface area (Å²) in [6, 6.07) is 8.38. The molecule has 0 atom stereocenters. The lowest BCUT2D eigenvalue weighted by Crippen LogP contribution is -2.26. The van der Waals surface area contributed by atoms with Crippen LogP contribution in [0.25, 0.3) is 11.1 Å². The Balaban J connectivity index is 1.97. The number of benzene rings is 2. The number of hydrogen-bond donors (Lipinski definition) is 4. The van der Waals surface area contributed by atoms with Gasteiger partial charge in [0.2, 0.25) is 0 Å². The van der Waals surface area contributed by atoms with E-state index in [2.05, 4.69) is 52.0 Å². The van der Waals surface area contributed by atoms with Crippen LogP contribution in [0.2, 0.25) is 0 Å². The van der Waals surface area contributed by atoms with Crippen LogP contribution < -0.4 is 22.9 Å². The molecule has 3 rings (SSSR count). The average Bonchev–Trinajstić information content (AvgIpc) is 2.97. The minimum atomic E-state index is -0.0655. The van der Waals surface area contributed by atoms with Gasteiger partial charge in [0.15, 0.2) is 0 Å². The van der Waals surface area contributed by atoms with E-state index in [0.29, 0.717) is 22.7 Å². The van der Waals surface area contributed by atoms with E-state index in [4.69, 9.17) is 22.9 Å². The fourth-order valence-corrected chi connectivity index (χ4v) is 5.62. The van der Waals surface area contributed by atoms with Crippen LogP contribution in [0.1, 0.15) is 103 Å². The highest BCUT2D eigenvalue weighted by Crippen LogP contribution is 2.56. The van der Waals surface area contributed by atoms with Crippen LogP contribution in [0.15, 0.2) is 24.3 Å². The molecule has 0 heterocycles. The Kier molecular flexibility index (Phi) is 8.20. The number of rotatable bonds is 12. The molecule has 4 nitrogen and oxygen atoms in total. The number of anilines is 4. The summed E-state index contributed by atoms with van der Waals surface area (Å²) in [5.74, 6) is 1.52. The van der Waals surface area contributed by atoms with Crippen LogP contribution in [0.3, 0.4) is 0 Å². The maximum absolute atomic E-state index is 6.35. The molecule has 1 aliphatic carbocycles. The zero-order chi connectivity index (χ0) is 24.2. The van der Waals surface area contributed by atoms with Crippen LogP contribution in [0.4, 0.5) is 22.7 Å². The first kappa shape index (κ1) is 25.3. The standard InChI is InChI=1S/C29H46N4/c1-19(2)11-7-5-9-13-29(14-10-6-8-12-20(3)4)23-17-27(32)25(30)15-21(23)22-16-26(31)28(33)18-24(22)29/h15-20H,5-14,30-33H2,1-4H3. The van der Waals surface area contributed by atoms with Crippen molar-refractivity contribution in [1.82, 2.24) is 0 Å². The van der Waals surface area contributed by atoms with Crippen molar-refractivity contribution < 1.29 is 0 Å². The van der Waals surface area contributed by atoms with Gasteiger partial charge in [0.25, 0.3) is 0 Å². The third kappa shape index (κ3) is 5.59. The molecule has 0 aromatic heterocycles. The fourth-order valence-electron chi connectivity index (χ4n) is 5.62. The van der Waals surface area contributed by atoms with Crippen LogP contribution in [0, 0.1) is 11.8 Å². The lowest BCUT2D eigenvalue weighted by Gasteiger charge is -2.33. The Labute approximate surface area is 201 Å². The molecular formula is C29H46N4. The van der Waals surface area contributed by atoms with Gasteiger partial charge in [-0.2, -0.15) is 0 Å². The number of nitrogens with two attached hydrogens (primary N) is 4. The van der Waals surface area contributed by atoms with E-state index in [1.165, 1.54) is 73.6 Å². The largest absolute Gasteiger partial charge is 0.397 e. The molecule has 0 spiro atoms. The lowest BCUT2D eigenvalue weighted by molar-refractivity contribution is 0.391. The molecule has 2 aromatic carbocycles. The summed E-state index contributed by atoms with van der Waals surface area (Å²) in [5.41, 5.74) is 32.8. The van der Waals surface area contributed by atoms with Crippen LogP contribution in [-0.2, 0) is 5.41 Å². The van der Waals surface area contributed by atoms with Crippen molar-refractivity contribution in [2.45, 2.75) is 97.3 Å². The molecule has 0 fully saturated rings. The van der Waals surface area contributed by atoms with Gasteiger partial charge in [0.05, 0.1) is 22.7 Å². The summed E-state index contributed by atoms with van der Waals surface area (Å²) in [6.07, 6.45) is 12.3. The topological polar surface area (TPSA) is 104 Å². The van der Waals surface area contributed by atoms with E-state index >= 15 is 0 Å². The second kappa shape index (κ2) is 10.7. The van der Waals surface area contributed by atoms with Crippen molar-refractivity contribution in [3.05, 3.63) is 35.4 Å². The van der Waals surface area contributed by atoms with Gasteiger partial charge >= 0.3 is 0 Å². The summed E-state index contributed by atoms with van der Waals surface area (Å²) < 4.78 is 0. The molecular weight excluding hydrogens is 404 g/mol. The summed E-state index contributed by atoms with van der Waals surface area (Å²) in [6.45, 7) is 9.23. The van der Waals surface area contributed by atoms with E-state index in [-0.39, 0.29) is 5.41 Å². The van der Waals surface area contributed by atoms with Crippen LogP contribution >= 0.6 is 0 Å². The van der Waals surface area contributed by atoms with E-state index < -0.39 is 0 Å². The first-order chi connectivity index (χ1) is 15.7. The average molecular weight is 451 g/mol. The Bertz CT molecular complexity index is 868. The zero-order valence-electron chi connectivity index (χ0n) is 21.3. The van der Waals surface area contributed by atoms with Gasteiger partial charge in [-0.1, -0.05) is 79.1 Å². The van der Waals surface area contributed by atoms with Gasteiger partial charge in [0, 0.05) is 5.41 Å². The molecule has 0 bridgehead atoms. The predicted octanol–water partition coefficient (Wildman–Crippen LogP) is 7.49. The second-order valence-electron chi connectivity index (χ2n) is 11.1.